The Bertz CT molecular complexity index is 431. The second kappa shape index (κ2) is 5.23. The molecular weight excluding hydrogens is 208 g/mol. The van der Waals surface area contributed by atoms with Crippen LogP contribution in [0.1, 0.15) is 43.7 Å². The molecule has 2 atom stereocenters. The van der Waals surface area contributed by atoms with Crippen LogP contribution < -0.4 is 5.32 Å². The summed E-state index contributed by atoms with van der Waals surface area (Å²) in [6.07, 6.45) is 5.17. The smallest absolute Gasteiger partial charge is 0.0992 e. The van der Waals surface area contributed by atoms with Gasteiger partial charge in [0.25, 0.3) is 0 Å². The van der Waals surface area contributed by atoms with E-state index < -0.39 is 0 Å². The molecule has 90 valence electrons. The molecule has 1 aliphatic rings. The van der Waals surface area contributed by atoms with Gasteiger partial charge in [0, 0.05) is 11.7 Å². The summed E-state index contributed by atoms with van der Waals surface area (Å²) >= 11 is 0. The van der Waals surface area contributed by atoms with Gasteiger partial charge in [0.1, 0.15) is 0 Å². The Labute approximate surface area is 104 Å². The third-order valence-corrected chi connectivity index (χ3v) is 3.66. The largest absolute Gasteiger partial charge is 0.382 e. The number of benzene rings is 1. The van der Waals surface area contributed by atoms with E-state index in [1.807, 2.05) is 18.2 Å². The lowest BCUT2D eigenvalue weighted by molar-refractivity contribution is 0.358. The highest BCUT2D eigenvalue weighted by Gasteiger charge is 2.18. The number of rotatable bonds is 2. The van der Waals surface area contributed by atoms with Crippen LogP contribution in [0.4, 0.5) is 5.69 Å². The number of nitrogens with zero attached hydrogens (tertiary/aromatic N) is 1. The fourth-order valence-corrected chi connectivity index (χ4v) is 2.63. The lowest BCUT2D eigenvalue weighted by Gasteiger charge is -2.29. The van der Waals surface area contributed by atoms with Crippen LogP contribution in [0, 0.1) is 24.2 Å². The maximum Gasteiger partial charge on any atom is 0.0992 e. The Balaban J connectivity index is 2.10. The molecule has 0 radical (unpaired) electrons. The van der Waals surface area contributed by atoms with Gasteiger partial charge in [0.15, 0.2) is 0 Å². The van der Waals surface area contributed by atoms with Crippen LogP contribution in [-0.4, -0.2) is 6.04 Å². The summed E-state index contributed by atoms with van der Waals surface area (Å²) in [6, 6.07) is 8.64. The van der Waals surface area contributed by atoms with E-state index in [0.29, 0.717) is 6.04 Å². The molecule has 2 heteroatoms. The van der Waals surface area contributed by atoms with E-state index in [1.165, 1.54) is 31.2 Å². The molecule has 0 aliphatic heterocycles. The minimum atomic E-state index is 0.575. The third-order valence-electron chi connectivity index (χ3n) is 3.66. The van der Waals surface area contributed by atoms with E-state index in [2.05, 4.69) is 25.2 Å². The summed E-state index contributed by atoms with van der Waals surface area (Å²) in [4.78, 5) is 0. The van der Waals surface area contributed by atoms with Gasteiger partial charge < -0.3 is 5.32 Å². The topological polar surface area (TPSA) is 35.8 Å². The Morgan fingerprint density at radius 3 is 2.88 bits per heavy atom. The van der Waals surface area contributed by atoms with Gasteiger partial charge in [-0.3, -0.25) is 0 Å². The molecule has 1 fully saturated rings. The van der Waals surface area contributed by atoms with Crippen molar-refractivity contribution >= 4 is 5.69 Å². The van der Waals surface area contributed by atoms with Gasteiger partial charge >= 0.3 is 0 Å². The van der Waals surface area contributed by atoms with Gasteiger partial charge in [-0.15, -0.1) is 0 Å². The van der Waals surface area contributed by atoms with Gasteiger partial charge in [-0.1, -0.05) is 25.8 Å². The van der Waals surface area contributed by atoms with Crippen LogP contribution in [0.5, 0.6) is 0 Å². The molecular formula is C15H20N2. The minimum Gasteiger partial charge on any atom is -0.382 e. The van der Waals surface area contributed by atoms with Crippen LogP contribution in [0.15, 0.2) is 18.2 Å². The van der Waals surface area contributed by atoms with Crippen molar-refractivity contribution < 1.29 is 0 Å². The van der Waals surface area contributed by atoms with E-state index >= 15 is 0 Å². The zero-order valence-electron chi connectivity index (χ0n) is 10.7. The SMILES string of the molecule is Cc1ccc(C#N)cc1NC1CCCC(C)C1. The highest BCUT2D eigenvalue weighted by atomic mass is 14.9. The Hall–Kier alpha value is -1.49. The summed E-state index contributed by atoms with van der Waals surface area (Å²) in [6.45, 7) is 4.42. The first-order valence-corrected chi connectivity index (χ1v) is 6.46. The quantitative estimate of drug-likeness (QED) is 0.834. The van der Waals surface area contributed by atoms with Crippen molar-refractivity contribution in [3.05, 3.63) is 29.3 Å². The number of nitriles is 1. The molecule has 17 heavy (non-hydrogen) atoms. The predicted octanol–water partition coefficient (Wildman–Crippen LogP) is 3.86. The molecule has 1 aromatic carbocycles. The van der Waals surface area contributed by atoms with Gasteiger partial charge in [-0.25, -0.2) is 0 Å². The average molecular weight is 228 g/mol. The number of anilines is 1. The van der Waals surface area contributed by atoms with Crippen molar-refractivity contribution in [1.29, 1.82) is 5.26 Å². The molecule has 0 saturated heterocycles. The van der Waals surface area contributed by atoms with E-state index in [0.717, 1.165) is 17.2 Å². The van der Waals surface area contributed by atoms with Crippen molar-refractivity contribution in [3.8, 4) is 6.07 Å². The lowest BCUT2D eigenvalue weighted by atomic mass is 9.87. The second-order valence-electron chi connectivity index (χ2n) is 5.25. The monoisotopic (exact) mass is 228 g/mol. The first-order valence-electron chi connectivity index (χ1n) is 6.46. The van der Waals surface area contributed by atoms with E-state index in [1.54, 1.807) is 0 Å². The van der Waals surface area contributed by atoms with Gasteiger partial charge in [0.2, 0.25) is 0 Å². The summed E-state index contributed by atoms with van der Waals surface area (Å²) in [5, 5.41) is 12.5. The Kier molecular flexibility index (Phi) is 3.68. The zero-order valence-corrected chi connectivity index (χ0v) is 10.7. The van der Waals surface area contributed by atoms with Gasteiger partial charge in [0.05, 0.1) is 11.6 Å². The molecule has 0 bridgehead atoms. The van der Waals surface area contributed by atoms with Crippen molar-refractivity contribution in [2.45, 2.75) is 45.6 Å². The third kappa shape index (κ3) is 3.00. The second-order valence-corrected chi connectivity index (χ2v) is 5.25. The molecule has 0 aromatic heterocycles. The van der Waals surface area contributed by atoms with Crippen LogP contribution in [0.2, 0.25) is 0 Å². The molecule has 1 aliphatic carbocycles. The fourth-order valence-electron chi connectivity index (χ4n) is 2.63. The molecule has 2 rings (SSSR count). The van der Waals surface area contributed by atoms with Crippen LogP contribution in [-0.2, 0) is 0 Å². The van der Waals surface area contributed by atoms with Gasteiger partial charge in [-0.2, -0.15) is 5.26 Å². The highest BCUT2D eigenvalue weighted by molar-refractivity contribution is 5.55. The lowest BCUT2D eigenvalue weighted by Crippen LogP contribution is -2.26. The molecule has 2 nitrogen and oxygen atoms in total. The number of aryl methyl sites for hydroxylation is 1. The molecule has 1 saturated carbocycles. The minimum absolute atomic E-state index is 0.575. The average Bonchev–Trinajstić information content (AvgIpc) is 2.32. The summed E-state index contributed by atoms with van der Waals surface area (Å²) in [7, 11) is 0. The molecule has 1 N–H and O–H groups in total. The maximum absolute atomic E-state index is 8.92. The van der Waals surface area contributed by atoms with E-state index in [9.17, 15) is 0 Å². The normalized spacial score (nSPS) is 24.1. The molecule has 0 spiro atoms. The maximum atomic E-state index is 8.92. The number of hydrogen-bond donors (Lipinski definition) is 1. The molecule has 0 amide bonds. The van der Waals surface area contributed by atoms with Crippen LogP contribution in [0.3, 0.4) is 0 Å². The van der Waals surface area contributed by atoms with Crippen LogP contribution >= 0.6 is 0 Å². The standard InChI is InChI=1S/C15H20N2/c1-11-4-3-5-14(8-11)17-15-9-13(10-16)7-6-12(15)2/h6-7,9,11,14,17H,3-5,8H2,1-2H3. The van der Waals surface area contributed by atoms with Crippen molar-refractivity contribution in [2.24, 2.45) is 5.92 Å². The number of hydrogen-bond acceptors (Lipinski definition) is 2. The van der Waals surface area contributed by atoms with Crippen molar-refractivity contribution in [3.63, 3.8) is 0 Å². The summed E-state index contributed by atoms with van der Waals surface area (Å²) < 4.78 is 0. The van der Waals surface area contributed by atoms with Crippen molar-refractivity contribution in [2.75, 3.05) is 5.32 Å². The summed E-state index contributed by atoms with van der Waals surface area (Å²) in [5.74, 6) is 0.820. The molecule has 1 aromatic rings. The first kappa shape index (κ1) is 12.0. The Morgan fingerprint density at radius 2 is 2.18 bits per heavy atom. The predicted molar refractivity (Wildman–Crippen MR) is 70.9 cm³/mol. The summed E-state index contributed by atoms with van der Waals surface area (Å²) in [5.41, 5.74) is 3.09. The molecule has 0 heterocycles. The van der Waals surface area contributed by atoms with Gasteiger partial charge in [-0.05, 0) is 43.4 Å². The highest BCUT2D eigenvalue weighted by Crippen LogP contribution is 2.27. The van der Waals surface area contributed by atoms with Crippen LogP contribution in [0.25, 0.3) is 0 Å². The fraction of sp³-hybridized carbons (Fsp3) is 0.533. The van der Waals surface area contributed by atoms with Crippen molar-refractivity contribution in [1.82, 2.24) is 0 Å². The van der Waals surface area contributed by atoms with E-state index in [-0.39, 0.29) is 0 Å². The number of nitrogens with one attached hydrogen (secondary N) is 1. The Morgan fingerprint density at radius 1 is 1.35 bits per heavy atom. The molecule has 2 unspecified atom stereocenters. The van der Waals surface area contributed by atoms with E-state index in [4.69, 9.17) is 5.26 Å². The zero-order chi connectivity index (χ0) is 12.3. The first-order chi connectivity index (χ1) is 8.19.